The molecule has 0 spiro atoms. The van der Waals surface area contributed by atoms with E-state index in [0.717, 1.165) is 6.54 Å². The average Bonchev–Trinajstić information content (AvgIpc) is 3.15. The lowest BCUT2D eigenvalue weighted by atomic mass is 9.72. The van der Waals surface area contributed by atoms with Gasteiger partial charge in [-0.05, 0) is 81.2 Å². The minimum absolute atomic E-state index is 0.311. The Morgan fingerprint density at radius 3 is 2.43 bits per heavy atom. The second-order valence-electron chi connectivity index (χ2n) is 9.26. The molecule has 1 fully saturated rings. The van der Waals surface area contributed by atoms with Crippen LogP contribution in [0.3, 0.4) is 0 Å². The molecule has 1 saturated heterocycles. The molecular weight excluding hydrogens is 338 g/mol. The molecule has 0 atom stereocenters. The Labute approximate surface area is 172 Å². The molecule has 1 heterocycles. The molecule has 2 aliphatic rings. The molecule has 1 heteroatoms. The van der Waals surface area contributed by atoms with Gasteiger partial charge in [0, 0.05) is 6.54 Å². The summed E-state index contributed by atoms with van der Waals surface area (Å²) in [6.07, 6.45) is 17.8. The summed E-state index contributed by atoms with van der Waals surface area (Å²) in [4.78, 5) is 2.55. The van der Waals surface area contributed by atoms with Gasteiger partial charge in [-0.1, -0.05) is 79.6 Å². The van der Waals surface area contributed by atoms with Crippen LogP contribution in [0.4, 0.5) is 0 Å². The summed E-state index contributed by atoms with van der Waals surface area (Å²) < 4.78 is 0. The van der Waals surface area contributed by atoms with Gasteiger partial charge < -0.3 is 0 Å². The molecule has 0 N–H and O–H groups in total. The summed E-state index contributed by atoms with van der Waals surface area (Å²) in [7, 11) is 0. The van der Waals surface area contributed by atoms with Gasteiger partial charge in [0.25, 0.3) is 0 Å². The van der Waals surface area contributed by atoms with Crippen molar-refractivity contribution in [2.75, 3.05) is 13.1 Å². The van der Waals surface area contributed by atoms with Crippen LogP contribution in [-0.2, 0) is 6.54 Å². The van der Waals surface area contributed by atoms with Crippen molar-refractivity contribution < 1.29 is 0 Å². The molecule has 0 radical (unpaired) electrons. The lowest BCUT2D eigenvalue weighted by Gasteiger charge is -2.32. The van der Waals surface area contributed by atoms with Gasteiger partial charge in [0.05, 0.1) is 0 Å². The summed E-state index contributed by atoms with van der Waals surface area (Å²) in [5, 5.41) is 0. The Hall–Kier alpha value is -1.86. The molecule has 0 aromatic heterocycles. The van der Waals surface area contributed by atoms with Crippen molar-refractivity contribution in [1.82, 2.24) is 4.90 Å². The summed E-state index contributed by atoms with van der Waals surface area (Å²) in [6.45, 7) is 12.8. The Morgan fingerprint density at radius 2 is 1.75 bits per heavy atom. The highest BCUT2D eigenvalue weighted by atomic mass is 15.1. The van der Waals surface area contributed by atoms with E-state index in [1.165, 1.54) is 67.5 Å². The molecule has 1 aromatic carbocycles. The normalized spacial score (nSPS) is 21.4. The van der Waals surface area contributed by atoms with Gasteiger partial charge in [-0.15, -0.1) is 0 Å². The quantitative estimate of drug-likeness (QED) is 0.471. The van der Waals surface area contributed by atoms with Crippen molar-refractivity contribution in [3.8, 4) is 0 Å². The van der Waals surface area contributed by atoms with Crippen LogP contribution in [0.5, 0.6) is 0 Å². The van der Waals surface area contributed by atoms with Gasteiger partial charge in [-0.2, -0.15) is 0 Å². The van der Waals surface area contributed by atoms with Crippen LogP contribution in [0.15, 0.2) is 65.3 Å². The fraction of sp³-hybridized carbons (Fsp3) is 0.481. The van der Waals surface area contributed by atoms with Gasteiger partial charge in [0.2, 0.25) is 0 Å². The number of allylic oxidation sites excluding steroid dienone is 7. The van der Waals surface area contributed by atoms with Crippen molar-refractivity contribution in [1.29, 1.82) is 0 Å². The summed E-state index contributed by atoms with van der Waals surface area (Å²) in [6, 6.07) is 9.02. The molecule has 0 amide bonds. The van der Waals surface area contributed by atoms with Crippen molar-refractivity contribution in [3.05, 3.63) is 76.4 Å². The SMILES string of the molecule is CC(C=CC1=C(C)CCCC1(C)C)=CC=Cc1ccc(CN2CCCC2)cc1. The lowest BCUT2D eigenvalue weighted by molar-refractivity contribution is 0.331. The first-order valence-corrected chi connectivity index (χ1v) is 11.0. The molecule has 0 saturated carbocycles. The maximum atomic E-state index is 2.55. The number of hydrogen-bond acceptors (Lipinski definition) is 1. The Bertz CT molecular complexity index is 765. The highest BCUT2D eigenvalue weighted by Gasteiger charge is 2.26. The van der Waals surface area contributed by atoms with Crippen LogP contribution < -0.4 is 0 Å². The number of hydrogen-bond donors (Lipinski definition) is 0. The van der Waals surface area contributed by atoms with Crippen LogP contribution in [-0.4, -0.2) is 18.0 Å². The largest absolute Gasteiger partial charge is 0.299 e. The molecule has 0 unspecified atom stereocenters. The Kier molecular flexibility index (Phi) is 7.13. The summed E-state index contributed by atoms with van der Waals surface area (Å²) in [5.74, 6) is 0. The van der Waals surface area contributed by atoms with Crippen molar-refractivity contribution in [2.45, 2.75) is 66.3 Å². The van der Waals surface area contributed by atoms with Gasteiger partial charge in [-0.3, -0.25) is 4.90 Å². The third kappa shape index (κ3) is 5.82. The van der Waals surface area contributed by atoms with E-state index in [1.54, 1.807) is 5.57 Å². The highest BCUT2D eigenvalue weighted by Crippen LogP contribution is 2.40. The van der Waals surface area contributed by atoms with Crippen LogP contribution in [0.25, 0.3) is 6.08 Å². The van der Waals surface area contributed by atoms with E-state index in [0.29, 0.717) is 5.41 Å². The van der Waals surface area contributed by atoms with Crippen molar-refractivity contribution >= 4 is 6.08 Å². The maximum Gasteiger partial charge on any atom is 0.0233 e. The van der Waals surface area contributed by atoms with Gasteiger partial charge >= 0.3 is 0 Å². The number of rotatable bonds is 6. The first-order chi connectivity index (χ1) is 13.4. The van der Waals surface area contributed by atoms with Crippen LogP contribution in [0.1, 0.15) is 70.9 Å². The molecular formula is C27H37N. The summed E-state index contributed by atoms with van der Waals surface area (Å²) in [5.41, 5.74) is 7.39. The molecule has 1 nitrogen and oxygen atoms in total. The van der Waals surface area contributed by atoms with E-state index < -0.39 is 0 Å². The molecule has 1 aliphatic heterocycles. The average molecular weight is 376 g/mol. The first-order valence-electron chi connectivity index (χ1n) is 11.0. The summed E-state index contributed by atoms with van der Waals surface area (Å²) >= 11 is 0. The Balaban J connectivity index is 1.57. The Morgan fingerprint density at radius 1 is 1.04 bits per heavy atom. The third-order valence-corrected chi connectivity index (χ3v) is 6.29. The molecule has 1 aromatic rings. The minimum Gasteiger partial charge on any atom is -0.299 e. The van der Waals surface area contributed by atoms with Gasteiger partial charge in [0.15, 0.2) is 0 Å². The van der Waals surface area contributed by atoms with Crippen LogP contribution in [0, 0.1) is 5.41 Å². The van der Waals surface area contributed by atoms with E-state index >= 15 is 0 Å². The topological polar surface area (TPSA) is 3.24 Å². The van der Waals surface area contributed by atoms with E-state index in [-0.39, 0.29) is 0 Å². The van der Waals surface area contributed by atoms with Crippen LogP contribution >= 0.6 is 0 Å². The highest BCUT2D eigenvalue weighted by molar-refractivity contribution is 5.52. The fourth-order valence-corrected chi connectivity index (χ4v) is 4.52. The van der Waals surface area contributed by atoms with E-state index in [4.69, 9.17) is 0 Å². The fourth-order valence-electron chi connectivity index (χ4n) is 4.52. The van der Waals surface area contributed by atoms with Gasteiger partial charge in [0.1, 0.15) is 0 Å². The third-order valence-electron chi connectivity index (χ3n) is 6.29. The van der Waals surface area contributed by atoms with Crippen molar-refractivity contribution in [3.63, 3.8) is 0 Å². The van der Waals surface area contributed by atoms with Gasteiger partial charge in [-0.25, -0.2) is 0 Å². The number of nitrogens with zero attached hydrogens (tertiary/aromatic N) is 1. The number of likely N-dealkylation sites (tertiary alicyclic amines) is 1. The standard InChI is InChI=1S/C27H37N/c1-22(12-17-26-23(2)10-8-18-27(26,3)4)9-7-11-24-13-15-25(16-14-24)21-28-19-5-6-20-28/h7,9,11-17H,5-6,8,10,18-21H2,1-4H3. The molecule has 28 heavy (non-hydrogen) atoms. The van der Waals surface area contributed by atoms with E-state index in [2.05, 4.69) is 87.2 Å². The zero-order valence-electron chi connectivity index (χ0n) is 18.3. The molecule has 1 aliphatic carbocycles. The minimum atomic E-state index is 0.311. The smallest absolute Gasteiger partial charge is 0.0233 e. The monoisotopic (exact) mass is 375 g/mol. The van der Waals surface area contributed by atoms with E-state index in [1.807, 2.05) is 0 Å². The maximum absolute atomic E-state index is 2.55. The molecule has 150 valence electrons. The zero-order chi connectivity index (χ0) is 20.0. The van der Waals surface area contributed by atoms with E-state index in [9.17, 15) is 0 Å². The molecule has 3 rings (SSSR count). The number of benzene rings is 1. The zero-order valence-corrected chi connectivity index (χ0v) is 18.3. The second kappa shape index (κ2) is 9.56. The predicted molar refractivity (Wildman–Crippen MR) is 123 cm³/mol. The molecule has 0 bridgehead atoms. The predicted octanol–water partition coefficient (Wildman–Crippen LogP) is 7.32. The van der Waals surface area contributed by atoms with Crippen molar-refractivity contribution in [2.24, 2.45) is 5.41 Å². The van der Waals surface area contributed by atoms with Crippen LogP contribution in [0.2, 0.25) is 0 Å². The lowest BCUT2D eigenvalue weighted by Crippen LogP contribution is -2.19. The first kappa shape index (κ1) is 20.9. The second-order valence-corrected chi connectivity index (χ2v) is 9.26.